The Hall–Kier alpha value is -1.53. The van der Waals surface area contributed by atoms with E-state index >= 15 is 0 Å². The maximum absolute atomic E-state index is 12.9. The molecule has 2 saturated carbocycles. The highest BCUT2D eigenvalue weighted by Gasteiger charge is 2.38. The first-order chi connectivity index (χ1) is 11.3. The second-order valence-electron chi connectivity index (χ2n) is 7.33. The number of alkyl halides is 3. The number of halogens is 3. The van der Waals surface area contributed by atoms with Crippen LogP contribution in [0, 0.1) is 11.8 Å². The van der Waals surface area contributed by atoms with E-state index in [0.717, 1.165) is 38.2 Å². The van der Waals surface area contributed by atoms with Gasteiger partial charge in [0.05, 0.1) is 0 Å². The minimum Gasteiger partial charge on any atom is -0.351 e. The Morgan fingerprint density at radius 1 is 1.29 bits per heavy atom. The number of carbonyl (C=O) groups is 1. The molecule has 3 atom stereocenters. The third-order valence-corrected chi connectivity index (χ3v) is 5.44. The van der Waals surface area contributed by atoms with Crippen molar-refractivity contribution in [3.63, 3.8) is 0 Å². The van der Waals surface area contributed by atoms with Gasteiger partial charge in [-0.05, 0) is 37.2 Å². The molecule has 4 nitrogen and oxygen atoms in total. The molecule has 3 rings (SSSR count). The van der Waals surface area contributed by atoms with Gasteiger partial charge in [0.2, 0.25) is 5.91 Å². The Bertz CT molecular complexity index is 607. The molecule has 0 spiro atoms. The highest BCUT2D eigenvalue weighted by atomic mass is 19.4. The van der Waals surface area contributed by atoms with Gasteiger partial charge in [0.1, 0.15) is 6.54 Å². The van der Waals surface area contributed by atoms with Gasteiger partial charge in [0.15, 0.2) is 5.69 Å². The summed E-state index contributed by atoms with van der Waals surface area (Å²) in [5, 5.41) is 6.64. The van der Waals surface area contributed by atoms with Crippen LogP contribution in [-0.2, 0) is 17.5 Å². The molecule has 7 heteroatoms. The molecule has 0 radical (unpaired) electrons. The van der Waals surface area contributed by atoms with Crippen molar-refractivity contribution in [2.75, 3.05) is 0 Å². The average Bonchev–Trinajstić information content (AvgIpc) is 3.24. The number of nitrogens with zero attached hydrogens (tertiary/aromatic N) is 2. The molecular formula is C17H24F3N3O. The monoisotopic (exact) mass is 343 g/mol. The van der Waals surface area contributed by atoms with Crippen molar-refractivity contribution in [3.8, 4) is 0 Å². The summed E-state index contributed by atoms with van der Waals surface area (Å²) in [6, 6.07) is 1.19. The van der Waals surface area contributed by atoms with Crippen LogP contribution in [0.1, 0.15) is 63.3 Å². The lowest BCUT2D eigenvalue weighted by atomic mass is 9.78. The third-order valence-electron chi connectivity index (χ3n) is 5.44. The summed E-state index contributed by atoms with van der Waals surface area (Å²) in [4.78, 5) is 12.3. The van der Waals surface area contributed by atoms with E-state index < -0.39 is 11.9 Å². The molecule has 1 N–H and O–H groups in total. The molecule has 0 bridgehead atoms. The van der Waals surface area contributed by atoms with Gasteiger partial charge in [0, 0.05) is 17.7 Å². The summed E-state index contributed by atoms with van der Waals surface area (Å²) in [5.41, 5.74) is -0.376. The molecule has 2 aliphatic rings. The topological polar surface area (TPSA) is 46.9 Å². The zero-order valence-electron chi connectivity index (χ0n) is 14.1. The maximum atomic E-state index is 12.9. The molecule has 2 fully saturated rings. The van der Waals surface area contributed by atoms with E-state index in [0.29, 0.717) is 17.5 Å². The molecule has 1 aromatic rings. The Morgan fingerprint density at radius 2 is 2.00 bits per heavy atom. The summed E-state index contributed by atoms with van der Waals surface area (Å²) in [5.74, 6) is 0.788. The van der Waals surface area contributed by atoms with Gasteiger partial charge in [-0.25, -0.2) is 0 Å². The van der Waals surface area contributed by atoms with Crippen molar-refractivity contribution < 1.29 is 18.0 Å². The molecule has 134 valence electrons. The highest BCUT2D eigenvalue weighted by molar-refractivity contribution is 5.76. The van der Waals surface area contributed by atoms with E-state index in [1.807, 2.05) is 0 Å². The van der Waals surface area contributed by atoms with Crippen LogP contribution < -0.4 is 5.32 Å². The fourth-order valence-electron chi connectivity index (χ4n) is 3.58. The normalized spacial score (nSPS) is 28.0. The fraction of sp³-hybridized carbons (Fsp3) is 0.765. The Labute approximate surface area is 139 Å². The van der Waals surface area contributed by atoms with Crippen LogP contribution in [0.5, 0.6) is 0 Å². The molecule has 0 aromatic carbocycles. The second-order valence-corrected chi connectivity index (χ2v) is 7.33. The van der Waals surface area contributed by atoms with Crippen LogP contribution in [0.3, 0.4) is 0 Å². The number of aromatic nitrogens is 2. The minimum atomic E-state index is -4.47. The Balaban J connectivity index is 1.69. The van der Waals surface area contributed by atoms with Crippen molar-refractivity contribution >= 4 is 5.91 Å². The SMILES string of the molecule is C[C@H]1[C@H](C)CCC[C@H]1NC(=O)Cn1nc(C(F)(F)F)cc1C1CC1. The zero-order chi connectivity index (χ0) is 17.5. The molecule has 1 amide bonds. The number of amides is 1. The van der Waals surface area contributed by atoms with Crippen molar-refractivity contribution in [1.82, 2.24) is 15.1 Å². The van der Waals surface area contributed by atoms with Crippen LogP contribution in [0.4, 0.5) is 13.2 Å². The van der Waals surface area contributed by atoms with Crippen LogP contribution in [0.15, 0.2) is 6.07 Å². The van der Waals surface area contributed by atoms with Crippen molar-refractivity contribution in [2.24, 2.45) is 11.8 Å². The average molecular weight is 343 g/mol. The lowest BCUT2D eigenvalue weighted by molar-refractivity contribution is -0.141. The summed E-state index contributed by atoms with van der Waals surface area (Å²) in [6.45, 7) is 4.16. The Kier molecular flexibility index (Phi) is 4.62. The Morgan fingerprint density at radius 3 is 2.62 bits per heavy atom. The molecule has 2 aliphatic carbocycles. The van der Waals surface area contributed by atoms with Gasteiger partial charge in [0.25, 0.3) is 0 Å². The summed E-state index contributed by atoms with van der Waals surface area (Å²) in [6.07, 6.45) is 0.416. The molecule has 1 aromatic heterocycles. The summed E-state index contributed by atoms with van der Waals surface area (Å²) in [7, 11) is 0. The number of nitrogens with one attached hydrogen (secondary N) is 1. The number of hydrogen-bond donors (Lipinski definition) is 1. The van der Waals surface area contributed by atoms with Gasteiger partial charge in [-0.3, -0.25) is 9.48 Å². The van der Waals surface area contributed by atoms with Crippen LogP contribution in [0.2, 0.25) is 0 Å². The standard InChI is InChI=1S/C17H24F3N3O/c1-10-4-3-5-13(11(10)2)21-16(24)9-23-14(12-6-7-12)8-15(22-23)17(18,19)20/h8,10-13H,3-7,9H2,1-2H3,(H,21,24)/t10-,11+,13-/m1/s1. The molecule has 24 heavy (non-hydrogen) atoms. The van der Waals surface area contributed by atoms with Crippen LogP contribution in [-0.4, -0.2) is 21.7 Å². The van der Waals surface area contributed by atoms with E-state index in [1.54, 1.807) is 0 Å². The van der Waals surface area contributed by atoms with Gasteiger partial charge in [-0.15, -0.1) is 0 Å². The first-order valence-corrected chi connectivity index (χ1v) is 8.70. The zero-order valence-corrected chi connectivity index (χ0v) is 14.1. The van der Waals surface area contributed by atoms with Gasteiger partial charge < -0.3 is 5.32 Å². The second kappa shape index (κ2) is 6.41. The quantitative estimate of drug-likeness (QED) is 0.906. The number of hydrogen-bond acceptors (Lipinski definition) is 2. The van der Waals surface area contributed by atoms with E-state index in [1.165, 1.54) is 4.68 Å². The molecule has 0 saturated heterocycles. The summed E-state index contributed by atoms with van der Waals surface area (Å²) >= 11 is 0. The number of rotatable bonds is 4. The van der Waals surface area contributed by atoms with Crippen molar-refractivity contribution in [1.29, 1.82) is 0 Å². The van der Waals surface area contributed by atoms with Crippen LogP contribution in [0.25, 0.3) is 0 Å². The van der Waals surface area contributed by atoms with Gasteiger partial charge in [-0.1, -0.05) is 26.7 Å². The molecule has 1 heterocycles. The van der Waals surface area contributed by atoms with Crippen molar-refractivity contribution in [2.45, 2.75) is 70.6 Å². The van der Waals surface area contributed by atoms with Crippen molar-refractivity contribution in [3.05, 3.63) is 17.5 Å². The number of carbonyl (C=O) groups excluding carboxylic acids is 1. The van der Waals surface area contributed by atoms with E-state index in [2.05, 4.69) is 24.3 Å². The summed E-state index contributed by atoms with van der Waals surface area (Å²) < 4.78 is 39.9. The molecule has 0 unspecified atom stereocenters. The van der Waals surface area contributed by atoms with Gasteiger partial charge in [-0.2, -0.15) is 18.3 Å². The smallest absolute Gasteiger partial charge is 0.351 e. The lowest BCUT2D eigenvalue weighted by Crippen LogP contribution is -2.45. The fourth-order valence-corrected chi connectivity index (χ4v) is 3.58. The first kappa shape index (κ1) is 17.3. The lowest BCUT2D eigenvalue weighted by Gasteiger charge is -2.34. The minimum absolute atomic E-state index is 0.100. The van der Waals surface area contributed by atoms with E-state index in [-0.39, 0.29) is 24.4 Å². The predicted molar refractivity (Wildman–Crippen MR) is 83.3 cm³/mol. The molecular weight excluding hydrogens is 319 g/mol. The van der Waals surface area contributed by atoms with E-state index in [4.69, 9.17) is 0 Å². The van der Waals surface area contributed by atoms with Crippen LogP contribution >= 0.6 is 0 Å². The first-order valence-electron chi connectivity index (χ1n) is 8.70. The third kappa shape index (κ3) is 3.75. The largest absolute Gasteiger partial charge is 0.435 e. The maximum Gasteiger partial charge on any atom is 0.435 e. The highest BCUT2D eigenvalue weighted by Crippen LogP contribution is 2.42. The predicted octanol–water partition coefficient (Wildman–Crippen LogP) is 3.72. The van der Waals surface area contributed by atoms with Gasteiger partial charge >= 0.3 is 6.18 Å². The van der Waals surface area contributed by atoms with E-state index in [9.17, 15) is 18.0 Å². The molecule has 0 aliphatic heterocycles.